The average Bonchev–Trinajstić information content (AvgIpc) is 2.30. The Bertz CT molecular complexity index is 272. The minimum absolute atomic E-state index is 0.277. The van der Waals surface area contributed by atoms with Crippen LogP contribution in [0.15, 0.2) is 0 Å². The van der Waals surface area contributed by atoms with Crippen LogP contribution in [0.3, 0.4) is 0 Å². The molecule has 0 bridgehead atoms. The Labute approximate surface area is 125 Å². The number of hydrogen-bond acceptors (Lipinski definition) is 3. The molecule has 2 atom stereocenters. The van der Waals surface area contributed by atoms with E-state index in [4.69, 9.17) is 4.74 Å². The van der Waals surface area contributed by atoms with Gasteiger partial charge in [0.25, 0.3) is 0 Å². The topological polar surface area (TPSA) is 50.4 Å². The predicted octanol–water partition coefficient (Wildman–Crippen LogP) is 3.70. The summed E-state index contributed by atoms with van der Waals surface area (Å²) in [4.78, 5) is 11.7. The van der Waals surface area contributed by atoms with Crippen LogP contribution in [0.4, 0.5) is 4.79 Å². The van der Waals surface area contributed by atoms with Crippen LogP contribution in [-0.4, -0.2) is 30.3 Å². The second-order valence-electron chi connectivity index (χ2n) is 6.79. The van der Waals surface area contributed by atoms with E-state index in [1.165, 1.54) is 12.8 Å². The van der Waals surface area contributed by atoms with Crippen LogP contribution in [0.25, 0.3) is 0 Å². The number of hydrogen-bond donors (Lipinski definition) is 2. The highest BCUT2D eigenvalue weighted by Gasteiger charge is 2.20. The first-order valence-electron chi connectivity index (χ1n) is 7.92. The van der Waals surface area contributed by atoms with Gasteiger partial charge in [0, 0.05) is 18.6 Å². The highest BCUT2D eigenvalue weighted by atomic mass is 16.6. The summed E-state index contributed by atoms with van der Waals surface area (Å²) < 4.78 is 5.27. The van der Waals surface area contributed by atoms with E-state index in [0.29, 0.717) is 18.5 Å². The lowest BCUT2D eigenvalue weighted by Gasteiger charge is -2.28. The molecule has 0 aromatic rings. The van der Waals surface area contributed by atoms with Gasteiger partial charge in [-0.15, -0.1) is 0 Å². The number of alkyl carbamates (subject to hydrolysis) is 1. The van der Waals surface area contributed by atoms with Crippen LogP contribution in [0.5, 0.6) is 0 Å². The van der Waals surface area contributed by atoms with Gasteiger partial charge < -0.3 is 15.4 Å². The summed E-state index contributed by atoms with van der Waals surface area (Å²) in [7, 11) is 0. The summed E-state index contributed by atoms with van der Waals surface area (Å²) in [6.07, 6.45) is 3.12. The number of carbonyl (C=O) groups is 1. The third kappa shape index (κ3) is 9.18. The lowest BCUT2D eigenvalue weighted by Crippen LogP contribution is -2.48. The van der Waals surface area contributed by atoms with Crippen molar-refractivity contribution in [3.05, 3.63) is 0 Å². The Morgan fingerprint density at radius 2 is 1.80 bits per heavy atom. The molecular formula is C16H34N2O2. The van der Waals surface area contributed by atoms with E-state index in [0.717, 1.165) is 6.42 Å². The zero-order valence-electron chi connectivity index (χ0n) is 14.4. The molecule has 0 aromatic carbocycles. The molecule has 0 radical (unpaired) electrons. The normalized spacial score (nSPS) is 15.0. The molecular weight excluding hydrogens is 252 g/mol. The molecule has 0 spiro atoms. The van der Waals surface area contributed by atoms with Crippen molar-refractivity contribution in [2.45, 2.75) is 85.4 Å². The molecule has 4 nitrogen and oxygen atoms in total. The van der Waals surface area contributed by atoms with Gasteiger partial charge in [0.1, 0.15) is 5.60 Å². The van der Waals surface area contributed by atoms with Crippen molar-refractivity contribution in [3.8, 4) is 0 Å². The molecule has 20 heavy (non-hydrogen) atoms. The summed E-state index contributed by atoms with van der Waals surface area (Å²) in [5.41, 5.74) is -0.445. The first-order chi connectivity index (χ1) is 9.19. The van der Waals surface area contributed by atoms with E-state index in [1.54, 1.807) is 0 Å². The van der Waals surface area contributed by atoms with E-state index in [9.17, 15) is 4.79 Å². The third-order valence-corrected chi connectivity index (χ3v) is 3.25. The van der Waals surface area contributed by atoms with Gasteiger partial charge in [0.2, 0.25) is 0 Å². The Kier molecular flexibility index (Phi) is 8.86. The van der Waals surface area contributed by atoms with E-state index < -0.39 is 5.60 Å². The largest absolute Gasteiger partial charge is 0.444 e. The zero-order valence-corrected chi connectivity index (χ0v) is 14.4. The van der Waals surface area contributed by atoms with Crippen molar-refractivity contribution in [2.24, 2.45) is 5.92 Å². The van der Waals surface area contributed by atoms with Crippen LogP contribution in [0.1, 0.15) is 67.7 Å². The van der Waals surface area contributed by atoms with Gasteiger partial charge in [-0.2, -0.15) is 0 Å². The van der Waals surface area contributed by atoms with Crippen molar-refractivity contribution in [1.82, 2.24) is 10.6 Å². The van der Waals surface area contributed by atoms with Gasteiger partial charge in [-0.3, -0.25) is 0 Å². The molecule has 1 amide bonds. The quantitative estimate of drug-likeness (QED) is 0.715. The Morgan fingerprint density at radius 3 is 2.20 bits per heavy atom. The molecule has 0 rings (SSSR count). The maximum Gasteiger partial charge on any atom is 0.407 e. The van der Waals surface area contributed by atoms with Crippen LogP contribution >= 0.6 is 0 Å². The minimum Gasteiger partial charge on any atom is -0.444 e. The minimum atomic E-state index is -0.445. The van der Waals surface area contributed by atoms with Crippen LogP contribution in [0.2, 0.25) is 0 Å². The molecule has 0 aliphatic heterocycles. The molecule has 4 heteroatoms. The van der Waals surface area contributed by atoms with E-state index in [1.807, 2.05) is 20.8 Å². The first kappa shape index (κ1) is 19.2. The smallest absolute Gasteiger partial charge is 0.407 e. The van der Waals surface area contributed by atoms with Gasteiger partial charge in [0.05, 0.1) is 0 Å². The van der Waals surface area contributed by atoms with Gasteiger partial charge >= 0.3 is 6.09 Å². The molecule has 0 saturated carbocycles. The number of carbonyl (C=O) groups excluding carboxylic acids is 1. The van der Waals surface area contributed by atoms with Gasteiger partial charge in [0.15, 0.2) is 0 Å². The standard InChI is InChI=1S/C16H34N2O2/c1-8-10-13(9-2)18-14(12(3)4)11-17-15(19)20-16(5,6)7/h12-14,18H,8-11H2,1-7H3,(H,17,19). The van der Waals surface area contributed by atoms with E-state index in [-0.39, 0.29) is 12.1 Å². The number of amides is 1. The lowest BCUT2D eigenvalue weighted by molar-refractivity contribution is 0.0518. The van der Waals surface area contributed by atoms with Gasteiger partial charge in [-0.05, 0) is 39.5 Å². The summed E-state index contributed by atoms with van der Waals surface area (Å²) in [6, 6.07) is 0.798. The number of ether oxygens (including phenoxy) is 1. The predicted molar refractivity (Wildman–Crippen MR) is 85.0 cm³/mol. The monoisotopic (exact) mass is 286 g/mol. The van der Waals surface area contributed by atoms with Crippen molar-refractivity contribution >= 4 is 6.09 Å². The van der Waals surface area contributed by atoms with Crippen molar-refractivity contribution in [2.75, 3.05) is 6.54 Å². The molecule has 2 N–H and O–H groups in total. The molecule has 0 aromatic heterocycles. The SMILES string of the molecule is CCCC(CC)NC(CNC(=O)OC(C)(C)C)C(C)C. The second kappa shape index (κ2) is 9.22. The molecule has 0 aliphatic carbocycles. The third-order valence-electron chi connectivity index (χ3n) is 3.25. The Hall–Kier alpha value is -0.770. The van der Waals surface area contributed by atoms with E-state index in [2.05, 4.69) is 38.3 Å². The average molecular weight is 286 g/mol. The van der Waals surface area contributed by atoms with Gasteiger partial charge in [-0.1, -0.05) is 34.1 Å². The summed E-state index contributed by atoms with van der Waals surface area (Å²) >= 11 is 0. The highest BCUT2D eigenvalue weighted by Crippen LogP contribution is 2.09. The fourth-order valence-corrected chi connectivity index (χ4v) is 2.05. The Morgan fingerprint density at radius 1 is 1.20 bits per heavy atom. The van der Waals surface area contributed by atoms with Crippen LogP contribution < -0.4 is 10.6 Å². The number of nitrogens with one attached hydrogen (secondary N) is 2. The summed E-state index contributed by atoms with van der Waals surface area (Å²) in [5.74, 6) is 0.468. The fourth-order valence-electron chi connectivity index (χ4n) is 2.05. The maximum absolute atomic E-state index is 11.7. The summed E-state index contributed by atoms with van der Waals surface area (Å²) in [5, 5.41) is 6.52. The van der Waals surface area contributed by atoms with Gasteiger partial charge in [-0.25, -0.2) is 4.79 Å². The number of rotatable bonds is 8. The zero-order chi connectivity index (χ0) is 15.8. The second-order valence-corrected chi connectivity index (χ2v) is 6.79. The molecule has 0 saturated heterocycles. The Balaban J connectivity index is 4.31. The van der Waals surface area contributed by atoms with Crippen LogP contribution in [-0.2, 0) is 4.74 Å². The van der Waals surface area contributed by atoms with Crippen LogP contribution in [0, 0.1) is 5.92 Å². The van der Waals surface area contributed by atoms with Crippen molar-refractivity contribution < 1.29 is 9.53 Å². The first-order valence-corrected chi connectivity index (χ1v) is 7.92. The molecule has 0 aliphatic rings. The molecule has 0 fully saturated rings. The highest BCUT2D eigenvalue weighted by molar-refractivity contribution is 5.67. The molecule has 0 heterocycles. The molecule has 120 valence electrons. The van der Waals surface area contributed by atoms with Crippen molar-refractivity contribution in [1.29, 1.82) is 0 Å². The van der Waals surface area contributed by atoms with E-state index >= 15 is 0 Å². The van der Waals surface area contributed by atoms with Crippen molar-refractivity contribution in [3.63, 3.8) is 0 Å². The fraction of sp³-hybridized carbons (Fsp3) is 0.938. The summed E-state index contributed by atoms with van der Waals surface area (Å²) in [6.45, 7) is 15.0. The molecule has 2 unspecified atom stereocenters. The lowest BCUT2D eigenvalue weighted by atomic mass is 10.0. The maximum atomic E-state index is 11.7.